The van der Waals surface area contributed by atoms with E-state index in [2.05, 4.69) is 53.2 Å². The van der Waals surface area contributed by atoms with Crippen LogP contribution in [0.1, 0.15) is 64.7 Å². The maximum absolute atomic E-state index is 3.54. The van der Waals surface area contributed by atoms with Crippen LogP contribution in [0.3, 0.4) is 0 Å². The molecule has 0 aliphatic heterocycles. The molecule has 0 heterocycles. The van der Waals surface area contributed by atoms with Crippen molar-refractivity contribution >= 4 is 29.9 Å². The molecule has 1 rings (SSSR count). The summed E-state index contributed by atoms with van der Waals surface area (Å²) in [7, 11) is -0.709. The van der Waals surface area contributed by atoms with Crippen LogP contribution in [-0.2, 0) is 0 Å². The van der Waals surface area contributed by atoms with Crippen LogP contribution in [0.15, 0.2) is 30.3 Å². The maximum atomic E-state index is 3.54. The molecule has 0 bridgehead atoms. The molecule has 0 radical (unpaired) electrons. The predicted molar refractivity (Wildman–Crippen MR) is 104 cm³/mol. The summed E-state index contributed by atoms with van der Waals surface area (Å²) in [5, 5.41) is 2.87. The van der Waals surface area contributed by atoms with Gasteiger partial charge in [0.1, 0.15) is 0 Å². The molecule has 0 N–H and O–H groups in total. The third-order valence-electron chi connectivity index (χ3n) is 4.36. The Labute approximate surface area is 142 Å². The average Bonchev–Trinajstić information content (AvgIpc) is 2.53. The molecule has 0 aliphatic carbocycles. The van der Waals surface area contributed by atoms with Crippen molar-refractivity contribution in [2.75, 3.05) is 5.33 Å². The summed E-state index contributed by atoms with van der Waals surface area (Å²) in [4.78, 5) is 0. The van der Waals surface area contributed by atoms with Gasteiger partial charge in [-0.2, -0.15) is 0 Å². The first-order chi connectivity index (χ1) is 10.4. The van der Waals surface area contributed by atoms with Crippen LogP contribution in [0.2, 0.25) is 12.1 Å². The van der Waals surface area contributed by atoms with Crippen LogP contribution in [-0.4, -0.2) is 14.1 Å². The molecular formula is C19H33BrSi. The van der Waals surface area contributed by atoms with Crippen LogP contribution < -0.4 is 5.19 Å². The monoisotopic (exact) mass is 368 g/mol. The molecule has 21 heavy (non-hydrogen) atoms. The van der Waals surface area contributed by atoms with Gasteiger partial charge in [-0.1, -0.05) is 122 Å². The van der Waals surface area contributed by atoms with Crippen molar-refractivity contribution in [1.29, 1.82) is 0 Å². The lowest BCUT2D eigenvalue weighted by Crippen LogP contribution is -2.29. The molecule has 0 nitrogen and oxygen atoms in total. The van der Waals surface area contributed by atoms with Crippen molar-refractivity contribution in [3.8, 4) is 0 Å². The number of rotatable bonds is 13. The van der Waals surface area contributed by atoms with Crippen molar-refractivity contribution in [3.05, 3.63) is 30.3 Å². The van der Waals surface area contributed by atoms with E-state index in [1.54, 1.807) is 5.19 Å². The highest BCUT2D eigenvalue weighted by Gasteiger charge is 2.12. The van der Waals surface area contributed by atoms with E-state index >= 15 is 0 Å². The number of alkyl halides is 1. The Kier molecular flexibility index (Phi) is 12.3. The minimum absolute atomic E-state index is 0.709. The van der Waals surface area contributed by atoms with E-state index in [0.29, 0.717) is 0 Å². The normalized spacial score (nSPS) is 12.5. The van der Waals surface area contributed by atoms with Crippen LogP contribution in [0, 0.1) is 0 Å². The summed E-state index contributed by atoms with van der Waals surface area (Å²) in [6.45, 7) is 2.30. The fourth-order valence-electron chi connectivity index (χ4n) is 3.04. The first kappa shape index (κ1) is 19.0. The SMILES string of the molecule is CCCCCCCC[SiH](CCCCCBr)c1ccccc1. The number of benzene rings is 1. The highest BCUT2D eigenvalue weighted by molar-refractivity contribution is 9.09. The van der Waals surface area contributed by atoms with E-state index in [4.69, 9.17) is 0 Å². The Hall–Kier alpha value is -0.0831. The standard InChI is InChI=1S/C19H33BrSi/c1-2-3-4-5-6-12-17-21(18-13-8-11-16-20)19-14-9-7-10-15-19/h7,9-10,14-15,21H,2-6,8,11-13,16-18H2,1H3. The molecule has 1 unspecified atom stereocenters. The lowest BCUT2D eigenvalue weighted by molar-refractivity contribution is 0.623. The maximum Gasteiger partial charge on any atom is 0.0708 e. The Morgan fingerprint density at radius 3 is 1.95 bits per heavy atom. The fourth-order valence-corrected chi connectivity index (χ4v) is 6.72. The van der Waals surface area contributed by atoms with E-state index in [1.807, 2.05) is 0 Å². The summed E-state index contributed by atoms with van der Waals surface area (Å²) in [6.07, 6.45) is 12.8. The highest BCUT2D eigenvalue weighted by Crippen LogP contribution is 2.14. The molecule has 1 aromatic rings. The second-order valence-electron chi connectivity index (χ2n) is 6.20. The summed E-state index contributed by atoms with van der Waals surface area (Å²) in [6, 6.07) is 14.4. The molecule has 120 valence electrons. The van der Waals surface area contributed by atoms with Crippen molar-refractivity contribution in [3.63, 3.8) is 0 Å². The van der Waals surface area contributed by atoms with E-state index in [9.17, 15) is 0 Å². The van der Waals surface area contributed by atoms with E-state index < -0.39 is 8.80 Å². The molecule has 0 fully saturated rings. The second kappa shape index (κ2) is 13.6. The van der Waals surface area contributed by atoms with Crippen LogP contribution in [0.4, 0.5) is 0 Å². The molecule has 0 aliphatic rings. The van der Waals surface area contributed by atoms with Crippen molar-refractivity contribution in [2.45, 2.75) is 76.8 Å². The Balaban J connectivity index is 2.30. The smallest absolute Gasteiger partial charge is 0.0708 e. The van der Waals surface area contributed by atoms with Gasteiger partial charge < -0.3 is 0 Å². The topological polar surface area (TPSA) is 0 Å². The van der Waals surface area contributed by atoms with Gasteiger partial charge in [0.2, 0.25) is 0 Å². The van der Waals surface area contributed by atoms with Gasteiger partial charge in [-0.05, 0) is 6.42 Å². The molecular weight excluding hydrogens is 336 g/mol. The number of hydrogen-bond acceptors (Lipinski definition) is 0. The van der Waals surface area contributed by atoms with Gasteiger partial charge in [0, 0.05) is 5.33 Å². The predicted octanol–water partition coefficient (Wildman–Crippen LogP) is 6.05. The highest BCUT2D eigenvalue weighted by atomic mass is 79.9. The third kappa shape index (κ3) is 9.52. The van der Waals surface area contributed by atoms with Crippen LogP contribution in [0.25, 0.3) is 0 Å². The zero-order chi connectivity index (χ0) is 15.2. The van der Waals surface area contributed by atoms with Crippen molar-refractivity contribution < 1.29 is 0 Å². The molecule has 0 aromatic heterocycles. The lowest BCUT2D eigenvalue weighted by atomic mass is 10.1. The van der Waals surface area contributed by atoms with E-state index in [-0.39, 0.29) is 0 Å². The molecule has 0 saturated heterocycles. The second-order valence-corrected chi connectivity index (χ2v) is 10.2. The number of halogens is 1. The molecule has 0 spiro atoms. The van der Waals surface area contributed by atoms with Gasteiger partial charge in [0.25, 0.3) is 0 Å². The Bertz CT molecular complexity index is 326. The first-order valence-corrected chi connectivity index (χ1v) is 12.3. The zero-order valence-corrected chi connectivity index (χ0v) is 16.6. The minimum Gasteiger partial charge on any atom is -0.0928 e. The van der Waals surface area contributed by atoms with E-state index in [0.717, 1.165) is 0 Å². The van der Waals surface area contributed by atoms with E-state index in [1.165, 1.54) is 75.2 Å². The third-order valence-corrected chi connectivity index (χ3v) is 8.46. The Morgan fingerprint density at radius 2 is 1.33 bits per heavy atom. The quantitative estimate of drug-likeness (QED) is 0.226. The molecule has 0 amide bonds. The van der Waals surface area contributed by atoms with Gasteiger partial charge in [-0.25, -0.2) is 0 Å². The van der Waals surface area contributed by atoms with Gasteiger partial charge >= 0.3 is 0 Å². The fraction of sp³-hybridized carbons (Fsp3) is 0.684. The minimum atomic E-state index is -0.709. The first-order valence-electron chi connectivity index (χ1n) is 8.99. The molecule has 2 heteroatoms. The number of unbranched alkanes of at least 4 members (excludes halogenated alkanes) is 7. The van der Waals surface area contributed by atoms with Crippen molar-refractivity contribution in [1.82, 2.24) is 0 Å². The summed E-state index contributed by atoms with van der Waals surface area (Å²) < 4.78 is 0. The van der Waals surface area contributed by atoms with Gasteiger partial charge in [-0.3, -0.25) is 0 Å². The molecule has 0 saturated carbocycles. The average molecular weight is 369 g/mol. The number of hydrogen-bond donors (Lipinski definition) is 0. The van der Waals surface area contributed by atoms with Gasteiger partial charge in [-0.15, -0.1) is 0 Å². The van der Waals surface area contributed by atoms with Crippen molar-refractivity contribution in [2.24, 2.45) is 0 Å². The lowest BCUT2D eigenvalue weighted by Gasteiger charge is -2.16. The summed E-state index contributed by atoms with van der Waals surface area (Å²) in [5.74, 6) is 0. The Morgan fingerprint density at radius 1 is 0.762 bits per heavy atom. The summed E-state index contributed by atoms with van der Waals surface area (Å²) in [5.41, 5.74) is 0. The van der Waals surface area contributed by atoms with Crippen LogP contribution >= 0.6 is 15.9 Å². The zero-order valence-electron chi connectivity index (χ0n) is 13.8. The largest absolute Gasteiger partial charge is 0.0928 e. The molecule has 1 atom stereocenters. The summed E-state index contributed by atoms with van der Waals surface area (Å²) >= 11 is 3.54. The molecule has 1 aromatic carbocycles. The van der Waals surface area contributed by atoms with Gasteiger partial charge in [0.15, 0.2) is 0 Å². The van der Waals surface area contributed by atoms with Gasteiger partial charge in [0.05, 0.1) is 8.80 Å². The van der Waals surface area contributed by atoms with Crippen LogP contribution in [0.5, 0.6) is 0 Å².